The van der Waals surface area contributed by atoms with E-state index in [2.05, 4.69) is 0 Å². The molecule has 0 saturated heterocycles. The smallest absolute Gasteiger partial charge is 0.312 e. The molecule has 1 atom stereocenters. The van der Waals surface area contributed by atoms with E-state index in [0.717, 1.165) is 0 Å². The summed E-state index contributed by atoms with van der Waals surface area (Å²) in [5.41, 5.74) is 1.33. The molecular formula is C13H10ClNO4. The third kappa shape index (κ3) is 1.77. The predicted molar refractivity (Wildman–Crippen MR) is 66.6 cm³/mol. The van der Waals surface area contributed by atoms with Gasteiger partial charge in [-0.3, -0.25) is 9.59 Å². The standard InChI is InChI=1S/C13H10ClNO4/c14-9-5-10-8(13(17)18)1-3-15(10)11(9)12(16)7-2-4-19-6-7/h2,4-6,8H,1,3H2,(H,17,18). The zero-order valence-corrected chi connectivity index (χ0v) is 10.6. The van der Waals surface area contributed by atoms with Gasteiger partial charge in [0.1, 0.15) is 12.0 Å². The van der Waals surface area contributed by atoms with Crippen molar-refractivity contribution in [1.82, 2.24) is 4.57 Å². The summed E-state index contributed by atoms with van der Waals surface area (Å²) in [6.07, 6.45) is 3.24. The van der Waals surface area contributed by atoms with Gasteiger partial charge in [-0.05, 0) is 18.6 Å². The molecule has 3 rings (SSSR count). The van der Waals surface area contributed by atoms with E-state index in [4.69, 9.17) is 21.1 Å². The first kappa shape index (κ1) is 12.0. The van der Waals surface area contributed by atoms with Crippen LogP contribution in [0.4, 0.5) is 0 Å². The summed E-state index contributed by atoms with van der Waals surface area (Å²) >= 11 is 6.08. The number of carbonyl (C=O) groups is 2. The molecule has 0 aromatic carbocycles. The van der Waals surface area contributed by atoms with E-state index >= 15 is 0 Å². The Labute approximate surface area is 113 Å². The van der Waals surface area contributed by atoms with E-state index in [1.54, 1.807) is 16.7 Å². The van der Waals surface area contributed by atoms with E-state index in [1.165, 1.54) is 12.5 Å². The predicted octanol–water partition coefficient (Wildman–Crippen LogP) is 2.54. The maximum absolute atomic E-state index is 12.3. The van der Waals surface area contributed by atoms with E-state index in [-0.39, 0.29) is 10.8 Å². The highest BCUT2D eigenvalue weighted by Gasteiger charge is 2.34. The molecule has 3 heterocycles. The Kier molecular flexibility index (Phi) is 2.71. The number of carboxylic acid groups (broad SMARTS) is 1. The maximum atomic E-state index is 12.3. The van der Waals surface area contributed by atoms with Crippen molar-refractivity contribution in [3.05, 3.63) is 46.6 Å². The summed E-state index contributed by atoms with van der Waals surface area (Å²) in [4.78, 5) is 23.4. The number of nitrogens with zero attached hydrogens (tertiary/aromatic N) is 1. The Morgan fingerprint density at radius 3 is 2.89 bits per heavy atom. The summed E-state index contributed by atoms with van der Waals surface area (Å²) < 4.78 is 6.58. The Morgan fingerprint density at radius 2 is 2.26 bits per heavy atom. The van der Waals surface area contributed by atoms with Gasteiger partial charge in [0, 0.05) is 12.2 Å². The first-order valence-electron chi connectivity index (χ1n) is 5.78. The van der Waals surface area contributed by atoms with Crippen LogP contribution in [0.25, 0.3) is 0 Å². The molecule has 1 aliphatic rings. The highest BCUT2D eigenvalue weighted by Crippen LogP contribution is 2.36. The lowest BCUT2D eigenvalue weighted by Crippen LogP contribution is -2.09. The molecular weight excluding hydrogens is 270 g/mol. The molecule has 98 valence electrons. The number of carbonyl (C=O) groups excluding carboxylic acids is 1. The summed E-state index contributed by atoms with van der Waals surface area (Å²) in [7, 11) is 0. The van der Waals surface area contributed by atoms with Gasteiger partial charge in [0.15, 0.2) is 0 Å². The number of hydrogen-bond acceptors (Lipinski definition) is 3. The largest absolute Gasteiger partial charge is 0.481 e. The van der Waals surface area contributed by atoms with Crippen molar-refractivity contribution in [2.75, 3.05) is 0 Å². The summed E-state index contributed by atoms with van der Waals surface area (Å²) in [6.45, 7) is 0.484. The molecule has 0 aliphatic carbocycles. The first-order chi connectivity index (χ1) is 9.09. The summed E-state index contributed by atoms with van der Waals surface area (Å²) in [6, 6.07) is 3.13. The quantitative estimate of drug-likeness (QED) is 0.876. The molecule has 5 nitrogen and oxygen atoms in total. The lowest BCUT2D eigenvalue weighted by atomic mass is 10.1. The first-order valence-corrected chi connectivity index (χ1v) is 6.16. The van der Waals surface area contributed by atoms with Gasteiger partial charge in [0.2, 0.25) is 5.78 Å². The third-order valence-electron chi connectivity index (χ3n) is 3.38. The zero-order chi connectivity index (χ0) is 13.6. The fraction of sp³-hybridized carbons (Fsp3) is 0.231. The van der Waals surface area contributed by atoms with Crippen molar-refractivity contribution in [1.29, 1.82) is 0 Å². The highest BCUT2D eigenvalue weighted by molar-refractivity contribution is 6.35. The summed E-state index contributed by atoms with van der Waals surface area (Å²) in [5, 5.41) is 9.41. The van der Waals surface area contributed by atoms with Crippen molar-refractivity contribution in [3.63, 3.8) is 0 Å². The van der Waals surface area contributed by atoms with Crippen LogP contribution < -0.4 is 0 Å². The van der Waals surface area contributed by atoms with Crippen LogP contribution in [0.2, 0.25) is 5.02 Å². The van der Waals surface area contributed by atoms with Gasteiger partial charge in [-0.25, -0.2) is 0 Å². The minimum Gasteiger partial charge on any atom is -0.481 e. The second-order valence-electron chi connectivity index (χ2n) is 4.44. The molecule has 1 N–H and O–H groups in total. The van der Waals surface area contributed by atoms with Crippen molar-refractivity contribution >= 4 is 23.4 Å². The number of halogens is 1. The van der Waals surface area contributed by atoms with Crippen LogP contribution in [0, 0.1) is 0 Å². The van der Waals surface area contributed by atoms with Gasteiger partial charge in [-0.15, -0.1) is 0 Å². The monoisotopic (exact) mass is 279 g/mol. The molecule has 2 aromatic heterocycles. The van der Waals surface area contributed by atoms with Crippen LogP contribution in [0.15, 0.2) is 29.1 Å². The number of ketones is 1. The van der Waals surface area contributed by atoms with Crippen LogP contribution in [0.3, 0.4) is 0 Å². The van der Waals surface area contributed by atoms with Crippen molar-refractivity contribution in [3.8, 4) is 0 Å². The fourth-order valence-corrected chi connectivity index (χ4v) is 2.78. The maximum Gasteiger partial charge on any atom is 0.312 e. The molecule has 1 aliphatic heterocycles. The average Bonchev–Trinajstić information content (AvgIpc) is 3.01. The molecule has 0 amide bonds. The fourth-order valence-electron chi connectivity index (χ4n) is 2.48. The van der Waals surface area contributed by atoms with E-state index in [1.807, 2.05) is 0 Å². The normalized spacial score (nSPS) is 17.4. The second kappa shape index (κ2) is 4.28. The van der Waals surface area contributed by atoms with Gasteiger partial charge >= 0.3 is 5.97 Å². The van der Waals surface area contributed by atoms with Gasteiger partial charge in [0.25, 0.3) is 0 Å². The molecule has 6 heteroatoms. The number of fused-ring (bicyclic) bond motifs is 1. The number of rotatable bonds is 3. The minimum atomic E-state index is -0.893. The van der Waals surface area contributed by atoms with Crippen molar-refractivity contribution in [2.45, 2.75) is 18.9 Å². The molecule has 0 radical (unpaired) electrons. The number of furan rings is 1. The number of hydrogen-bond donors (Lipinski definition) is 1. The topological polar surface area (TPSA) is 72.4 Å². The van der Waals surface area contributed by atoms with Gasteiger partial charge in [-0.2, -0.15) is 0 Å². The molecule has 0 saturated carbocycles. The Balaban J connectivity index is 2.07. The Hall–Kier alpha value is -2.01. The number of carboxylic acids is 1. The van der Waals surface area contributed by atoms with E-state index < -0.39 is 11.9 Å². The van der Waals surface area contributed by atoms with Gasteiger partial charge in [0.05, 0.1) is 22.8 Å². The molecule has 0 spiro atoms. The lowest BCUT2D eigenvalue weighted by molar-refractivity contribution is -0.138. The summed E-state index contributed by atoms with van der Waals surface area (Å²) in [5.74, 6) is -1.74. The van der Waals surface area contributed by atoms with E-state index in [9.17, 15) is 9.59 Å². The Bertz CT molecular complexity index is 656. The third-order valence-corrected chi connectivity index (χ3v) is 3.67. The van der Waals surface area contributed by atoms with Crippen molar-refractivity contribution in [2.24, 2.45) is 0 Å². The molecule has 0 bridgehead atoms. The minimum absolute atomic E-state index is 0.254. The number of aromatic nitrogens is 1. The molecule has 1 unspecified atom stereocenters. The SMILES string of the molecule is O=C(c1ccoc1)c1c(Cl)cc2n1CCC2C(=O)O. The van der Waals surface area contributed by atoms with Gasteiger partial charge < -0.3 is 14.1 Å². The molecule has 19 heavy (non-hydrogen) atoms. The van der Waals surface area contributed by atoms with Gasteiger partial charge in [-0.1, -0.05) is 11.6 Å². The number of aliphatic carboxylic acids is 1. The van der Waals surface area contributed by atoms with Crippen LogP contribution in [-0.4, -0.2) is 21.4 Å². The van der Waals surface area contributed by atoms with Crippen LogP contribution in [-0.2, 0) is 11.3 Å². The van der Waals surface area contributed by atoms with Crippen LogP contribution >= 0.6 is 11.6 Å². The molecule has 0 fully saturated rings. The average molecular weight is 280 g/mol. The highest BCUT2D eigenvalue weighted by atomic mass is 35.5. The zero-order valence-electron chi connectivity index (χ0n) is 9.80. The van der Waals surface area contributed by atoms with E-state index in [0.29, 0.717) is 29.9 Å². The van der Waals surface area contributed by atoms with Crippen molar-refractivity contribution < 1.29 is 19.1 Å². The van der Waals surface area contributed by atoms with Crippen LogP contribution in [0.1, 0.15) is 34.1 Å². The second-order valence-corrected chi connectivity index (χ2v) is 4.85. The lowest BCUT2D eigenvalue weighted by Gasteiger charge is -2.04. The molecule has 2 aromatic rings. The Morgan fingerprint density at radius 1 is 1.47 bits per heavy atom. The van der Waals surface area contributed by atoms with Crippen LogP contribution in [0.5, 0.6) is 0 Å².